The number of aromatic nitrogens is 2. The Kier molecular flexibility index (Phi) is 4.09. The van der Waals surface area contributed by atoms with E-state index < -0.39 is 5.97 Å². The summed E-state index contributed by atoms with van der Waals surface area (Å²) in [5.41, 5.74) is 2.78. The van der Waals surface area contributed by atoms with Gasteiger partial charge in [-0.3, -0.25) is 9.89 Å². The van der Waals surface area contributed by atoms with Crippen LogP contribution in [0.25, 0.3) is 10.9 Å². The first-order valence-corrected chi connectivity index (χ1v) is 8.66. The lowest BCUT2D eigenvalue weighted by Crippen LogP contribution is -2.36. The largest absolute Gasteiger partial charge is 0.478 e. The molecule has 0 saturated carbocycles. The second-order valence-electron chi connectivity index (χ2n) is 6.14. The van der Waals surface area contributed by atoms with Crippen LogP contribution in [0.3, 0.4) is 0 Å². The number of nitrogens with one attached hydrogen (secondary N) is 1. The average Bonchev–Trinajstić information content (AvgIpc) is 3.07. The Hall–Kier alpha value is -2.57. The number of rotatable bonds is 2. The van der Waals surface area contributed by atoms with Crippen molar-refractivity contribution in [1.29, 1.82) is 0 Å². The molecule has 4 rings (SSSR count). The van der Waals surface area contributed by atoms with Gasteiger partial charge in [0.15, 0.2) is 0 Å². The zero-order valence-corrected chi connectivity index (χ0v) is 14.9. The molecule has 0 spiro atoms. The van der Waals surface area contributed by atoms with Gasteiger partial charge in [0.05, 0.1) is 27.3 Å². The third-order valence-corrected chi connectivity index (χ3v) is 5.31. The number of H-pyrrole nitrogens is 1. The summed E-state index contributed by atoms with van der Waals surface area (Å²) in [4.78, 5) is 25.9. The Morgan fingerprint density at radius 2 is 2.04 bits per heavy atom. The molecule has 0 radical (unpaired) electrons. The monoisotopic (exact) mass is 389 g/mol. The van der Waals surface area contributed by atoms with Crippen molar-refractivity contribution in [2.45, 2.75) is 13.0 Å². The number of hydrogen-bond donors (Lipinski definition) is 2. The molecule has 1 aromatic heterocycles. The third-order valence-electron chi connectivity index (χ3n) is 4.59. The molecule has 2 N–H and O–H groups in total. The van der Waals surface area contributed by atoms with Crippen LogP contribution < -0.4 is 0 Å². The SMILES string of the molecule is O=C(O)c1c(Cl)cc2c(c1Cl)CCN(C(=O)c1ccc3cn[nH]c3c1)C2. The van der Waals surface area contributed by atoms with Crippen LogP contribution in [0.4, 0.5) is 0 Å². The van der Waals surface area contributed by atoms with Crippen molar-refractivity contribution in [1.82, 2.24) is 15.1 Å². The van der Waals surface area contributed by atoms with Crippen LogP contribution >= 0.6 is 23.2 Å². The molecule has 8 heteroatoms. The smallest absolute Gasteiger partial charge is 0.338 e. The van der Waals surface area contributed by atoms with E-state index in [1.807, 2.05) is 6.07 Å². The minimum Gasteiger partial charge on any atom is -0.478 e. The summed E-state index contributed by atoms with van der Waals surface area (Å²) in [6, 6.07) is 6.97. The summed E-state index contributed by atoms with van der Waals surface area (Å²) in [6.45, 7) is 0.780. The number of carboxylic acids is 1. The third kappa shape index (κ3) is 2.71. The number of carboxylic acid groups (broad SMARTS) is 1. The van der Waals surface area contributed by atoms with E-state index in [4.69, 9.17) is 23.2 Å². The zero-order valence-electron chi connectivity index (χ0n) is 13.4. The van der Waals surface area contributed by atoms with E-state index in [-0.39, 0.29) is 21.5 Å². The van der Waals surface area contributed by atoms with E-state index in [0.29, 0.717) is 25.1 Å². The molecule has 0 unspecified atom stereocenters. The molecule has 6 nitrogen and oxygen atoms in total. The minimum atomic E-state index is -1.16. The van der Waals surface area contributed by atoms with Gasteiger partial charge in [0, 0.05) is 24.0 Å². The second kappa shape index (κ2) is 6.30. The van der Waals surface area contributed by atoms with Crippen LogP contribution in [0.5, 0.6) is 0 Å². The minimum absolute atomic E-state index is 0.0782. The van der Waals surface area contributed by atoms with Crippen LogP contribution in [-0.4, -0.2) is 38.6 Å². The number of aromatic carboxylic acids is 1. The lowest BCUT2D eigenvalue weighted by molar-refractivity contribution is 0.0692. The van der Waals surface area contributed by atoms with Gasteiger partial charge >= 0.3 is 5.97 Å². The first-order chi connectivity index (χ1) is 12.5. The van der Waals surface area contributed by atoms with E-state index in [1.54, 1.807) is 29.3 Å². The highest BCUT2D eigenvalue weighted by molar-refractivity contribution is 6.39. The first kappa shape index (κ1) is 16.9. The van der Waals surface area contributed by atoms with Crippen LogP contribution in [0.1, 0.15) is 31.8 Å². The maximum atomic E-state index is 12.9. The highest BCUT2D eigenvalue weighted by Crippen LogP contribution is 2.35. The molecule has 132 valence electrons. The van der Waals surface area contributed by atoms with Crippen molar-refractivity contribution in [3.63, 3.8) is 0 Å². The van der Waals surface area contributed by atoms with Gasteiger partial charge < -0.3 is 10.0 Å². The van der Waals surface area contributed by atoms with Gasteiger partial charge in [-0.25, -0.2) is 4.79 Å². The lowest BCUT2D eigenvalue weighted by atomic mass is 9.96. The average molecular weight is 390 g/mol. The first-order valence-electron chi connectivity index (χ1n) is 7.91. The van der Waals surface area contributed by atoms with Gasteiger partial charge in [-0.2, -0.15) is 5.10 Å². The van der Waals surface area contributed by atoms with Crippen molar-refractivity contribution in [2.75, 3.05) is 6.54 Å². The van der Waals surface area contributed by atoms with E-state index in [2.05, 4.69) is 10.2 Å². The molecule has 0 aliphatic carbocycles. The van der Waals surface area contributed by atoms with Crippen molar-refractivity contribution < 1.29 is 14.7 Å². The van der Waals surface area contributed by atoms with E-state index >= 15 is 0 Å². The van der Waals surface area contributed by atoms with Crippen LogP contribution in [-0.2, 0) is 13.0 Å². The number of halogens is 2. The molecular weight excluding hydrogens is 377 g/mol. The van der Waals surface area contributed by atoms with Gasteiger partial charge in [-0.15, -0.1) is 0 Å². The van der Waals surface area contributed by atoms with E-state index in [1.165, 1.54) is 0 Å². The second-order valence-corrected chi connectivity index (χ2v) is 6.92. The summed E-state index contributed by atoms with van der Waals surface area (Å²) in [5.74, 6) is -1.27. The molecule has 1 aliphatic heterocycles. The van der Waals surface area contributed by atoms with Crippen molar-refractivity contribution in [3.05, 3.63) is 62.8 Å². The number of nitrogens with zero attached hydrogens (tertiary/aromatic N) is 2. The standard InChI is InChI=1S/C18H13Cl2N3O3/c19-13-5-11-8-23(4-3-12(11)16(20)15(13)18(25)26)17(24)9-1-2-10-7-21-22-14(10)6-9/h1-2,5-7H,3-4,8H2,(H,21,22)(H,25,26). The highest BCUT2D eigenvalue weighted by atomic mass is 35.5. The van der Waals surface area contributed by atoms with Gasteiger partial charge in [0.1, 0.15) is 0 Å². The maximum Gasteiger partial charge on any atom is 0.338 e. The molecule has 2 aromatic carbocycles. The van der Waals surface area contributed by atoms with Crippen LogP contribution in [0, 0.1) is 0 Å². The van der Waals surface area contributed by atoms with Crippen LogP contribution in [0.2, 0.25) is 10.0 Å². The number of aromatic amines is 1. The van der Waals surface area contributed by atoms with Gasteiger partial charge in [-0.1, -0.05) is 29.3 Å². The molecular formula is C18H13Cl2N3O3. The predicted molar refractivity (Wildman–Crippen MR) is 98.0 cm³/mol. The number of carbonyl (C=O) groups is 2. The molecule has 0 saturated heterocycles. The summed E-state index contributed by atoms with van der Waals surface area (Å²) in [5, 5.41) is 17.2. The number of hydrogen-bond acceptors (Lipinski definition) is 3. The summed E-state index contributed by atoms with van der Waals surface area (Å²) in [7, 11) is 0. The maximum absolute atomic E-state index is 12.9. The fourth-order valence-electron chi connectivity index (χ4n) is 3.27. The molecule has 1 amide bonds. The number of carbonyl (C=O) groups excluding carboxylic acids is 1. The molecule has 1 aliphatic rings. The predicted octanol–water partition coefficient (Wildman–Crippen LogP) is 3.77. The van der Waals surface area contributed by atoms with E-state index in [0.717, 1.165) is 22.0 Å². The number of amides is 1. The molecule has 2 heterocycles. The lowest BCUT2D eigenvalue weighted by Gasteiger charge is -2.30. The molecule has 0 fully saturated rings. The summed E-state index contributed by atoms with van der Waals surface area (Å²) < 4.78 is 0. The Balaban J connectivity index is 1.65. The van der Waals surface area contributed by atoms with Gasteiger partial charge in [0.2, 0.25) is 0 Å². The Morgan fingerprint density at radius 3 is 2.81 bits per heavy atom. The zero-order chi connectivity index (χ0) is 18.4. The van der Waals surface area contributed by atoms with Gasteiger partial charge in [-0.05, 0) is 35.7 Å². The Bertz CT molecular complexity index is 1060. The van der Waals surface area contributed by atoms with Gasteiger partial charge in [0.25, 0.3) is 5.91 Å². The Labute approximate surface area is 158 Å². The molecule has 0 bridgehead atoms. The number of benzene rings is 2. The molecule has 0 atom stereocenters. The topological polar surface area (TPSA) is 86.3 Å². The molecule has 26 heavy (non-hydrogen) atoms. The Morgan fingerprint density at radius 1 is 1.23 bits per heavy atom. The van der Waals surface area contributed by atoms with Crippen molar-refractivity contribution in [2.24, 2.45) is 0 Å². The van der Waals surface area contributed by atoms with Crippen LogP contribution in [0.15, 0.2) is 30.5 Å². The normalized spacial score (nSPS) is 13.7. The highest BCUT2D eigenvalue weighted by Gasteiger charge is 2.27. The summed E-state index contributed by atoms with van der Waals surface area (Å²) in [6.07, 6.45) is 2.18. The van der Waals surface area contributed by atoms with E-state index in [9.17, 15) is 14.7 Å². The summed E-state index contributed by atoms with van der Waals surface area (Å²) >= 11 is 12.3. The fourth-order valence-corrected chi connectivity index (χ4v) is 4.03. The quantitative estimate of drug-likeness (QED) is 0.698. The van der Waals surface area contributed by atoms with Crippen molar-refractivity contribution >= 4 is 46.0 Å². The molecule has 3 aromatic rings. The fraction of sp³-hybridized carbons (Fsp3) is 0.167. The van der Waals surface area contributed by atoms with Crippen molar-refractivity contribution in [3.8, 4) is 0 Å². The number of fused-ring (bicyclic) bond motifs is 2.